The maximum Gasteiger partial charge on any atom is 0.277 e. The zero-order chi connectivity index (χ0) is 19.2. The Morgan fingerprint density at radius 3 is 2.70 bits per heavy atom. The molecule has 0 aliphatic carbocycles. The number of halogens is 1. The van der Waals surface area contributed by atoms with Crippen molar-refractivity contribution in [1.29, 1.82) is 0 Å². The minimum atomic E-state index is -0.399. The quantitative estimate of drug-likeness (QED) is 0.574. The van der Waals surface area contributed by atoms with Crippen LogP contribution < -0.4 is 10.1 Å². The molecule has 0 unspecified atom stereocenters. The molecule has 0 aliphatic heterocycles. The van der Waals surface area contributed by atoms with Crippen LogP contribution in [0.15, 0.2) is 58.2 Å². The highest BCUT2D eigenvalue weighted by atomic mass is 35.5. The zero-order valence-electron chi connectivity index (χ0n) is 14.8. The first kappa shape index (κ1) is 19.3. The van der Waals surface area contributed by atoms with Gasteiger partial charge < -0.3 is 14.5 Å². The van der Waals surface area contributed by atoms with Crippen LogP contribution in [0.5, 0.6) is 5.75 Å². The topological polar surface area (TPSA) is 77.2 Å². The Morgan fingerprint density at radius 1 is 1.22 bits per heavy atom. The smallest absolute Gasteiger partial charge is 0.277 e. The number of hydrogen-bond donors (Lipinski definition) is 1. The second-order valence-corrected chi connectivity index (χ2v) is 7.50. The number of aryl methyl sites for hydroxylation is 1. The summed E-state index contributed by atoms with van der Waals surface area (Å²) in [7, 11) is 0. The summed E-state index contributed by atoms with van der Waals surface area (Å²) in [6, 6.07) is 14.7. The van der Waals surface area contributed by atoms with E-state index in [9.17, 15) is 4.79 Å². The lowest BCUT2D eigenvalue weighted by Gasteiger charge is -2.10. The number of anilines is 1. The number of thioether (sulfide) groups is 1. The lowest BCUT2D eigenvalue weighted by molar-refractivity contribution is -0.115. The molecule has 1 atom stereocenters. The van der Waals surface area contributed by atoms with Crippen molar-refractivity contribution >= 4 is 35.0 Å². The number of benzene rings is 2. The highest BCUT2D eigenvalue weighted by Crippen LogP contribution is 2.26. The standard InChI is InChI=1S/C19H18ClN3O3S/c1-12-7-9-14(10-8-12)21-18(24)13(2)27-19-23-22-17(26-19)11-25-16-6-4-3-5-15(16)20/h3-10,13H,11H2,1-2H3,(H,21,24)/t13-/m0/s1. The molecule has 0 aliphatic rings. The van der Waals surface area contributed by atoms with Crippen molar-refractivity contribution in [3.63, 3.8) is 0 Å². The summed E-state index contributed by atoms with van der Waals surface area (Å²) >= 11 is 7.22. The van der Waals surface area contributed by atoms with E-state index in [0.29, 0.717) is 21.9 Å². The fourth-order valence-electron chi connectivity index (χ4n) is 2.13. The van der Waals surface area contributed by atoms with E-state index >= 15 is 0 Å². The normalized spacial score (nSPS) is 11.8. The molecule has 1 aromatic heterocycles. The summed E-state index contributed by atoms with van der Waals surface area (Å²) in [6.45, 7) is 3.87. The molecule has 0 spiro atoms. The Balaban J connectivity index is 1.52. The summed E-state index contributed by atoms with van der Waals surface area (Å²) in [4.78, 5) is 12.3. The predicted molar refractivity (Wildman–Crippen MR) is 105 cm³/mol. The molecule has 140 valence electrons. The van der Waals surface area contributed by atoms with Gasteiger partial charge in [-0.05, 0) is 38.1 Å². The van der Waals surface area contributed by atoms with Crippen molar-refractivity contribution in [2.45, 2.75) is 30.9 Å². The number of carbonyl (C=O) groups excluding carboxylic acids is 1. The van der Waals surface area contributed by atoms with Crippen molar-refractivity contribution in [3.05, 3.63) is 65.0 Å². The van der Waals surface area contributed by atoms with E-state index in [1.54, 1.807) is 19.1 Å². The van der Waals surface area contributed by atoms with Crippen LogP contribution >= 0.6 is 23.4 Å². The second-order valence-electron chi connectivity index (χ2n) is 5.80. The van der Waals surface area contributed by atoms with Crippen molar-refractivity contribution in [1.82, 2.24) is 10.2 Å². The first-order valence-corrected chi connectivity index (χ1v) is 9.51. The van der Waals surface area contributed by atoms with Gasteiger partial charge in [-0.1, -0.05) is 53.2 Å². The van der Waals surface area contributed by atoms with Crippen LogP contribution in [-0.2, 0) is 11.4 Å². The van der Waals surface area contributed by atoms with Crippen LogP contribution in [0.25, 0.3) is 0 Å². The summed E-state index contributed by atoms with van der Waals surface area (Å²) in [6.07, 6.45) is 0. The summed E-state index contributed by atoms with van der Waals surface area (Å²) < 4.78 is 11.1. The van der Waals surface area contributed by atoms with E-state index in [1.165, 1.54) is 11.8 Å². The van der Waals surface area contributed by atoms with Gasteiger partial charge in [-0.3, -0.25) is 4.79 Å². The average Bonchev–Trinajstić information content (AvgIpc) is 3.10. The first-order chi connectivity index (χ1) is 13.0. The van der Waals surface area contributed by atoms with E-state index in [4.69, 9.17) is 20.8 Å². The molecule has 0 radical (unpaired) electrons. The fraction of sp³-hybridized carbons (Fsp3) is 0.211. The molecule has 1 heterocycles. The van der Waals surface area contributed by atoms with Gasteiger partial charge in [-0.25, -0.2) is 0 Å². The fourth-order valence-corrected chi connectivity index (χ4v) is 3.02. The Labute approximate surface area is 166 Å². The second kappa shape index (κ2) is 8.92. The number of ether oxygens (including phenoxy) is 1. The third-order valence-electron chi connectivity index (χ3n) is 3.60. The van der Waals surface area contributed by atoms with Gasteiger partial charge in [0.15, 0.2) is 6.61 Å². The molecule has 3 aromatic rings. The van der Waals surface area contributed by atoms with Crippen LogP contribution in [0.4, 0.5) is 5.69 Å². The molecule has 27 heavy (non-hydrogen) atoms. The zero-order valence-corrected chi connectivity index (χ0v) is 16.4. The molecule has 2 aromatic carbocycles. The highest BCUT2D eigenvalue weighted by Gasteiger charge is 2.18. The van der Waals surface area contributed by atoms with Gasteiger partial charge in [-0.15, -0.1) is 10.2 Å². The van der Waals surface area contributed by atoms with E-state index in [2.05, 4.69) is 15.5 Å². The minimum Gasteiger partial charge on any atom is -0.482 e. The van der Waals surface area contributed by atoms with Crippen LogP contribution in [0, 0.1) is 6.92 Å². The largest absolute Gasteiger partial charge is 0.482 e. The summed E-state index contributed by atoms with van der Waals surface area (Å²) in [5, 5.41) is 11.1. The summed E-state index contributed by atoms with van der Waals surface area (Å²) in [5.41, 5.74) is 1.88. The molecule has 8 heteroatoms. The van der Waals surface area contributed by atoms with E-state index in [1.807, 2.05) is 43.3 Å². The average molecular weight is 404 g/mol. The van der Waals surface area contributed by atoms with E-state index in [-0.39, 0.29) is 12.5 Å². The Kier molecular flexibility index (Phi) is 6.36. The van der Waals surface area contributed by atoms with Gasteiger partial charge in [0.05, 0.1) is 10.3 Å². The van der Waals surface area contributed by atoms with Crippen LogP contribution in [-0.4, -0.2) is 21.4 Å². The highest BCUT2D eigenvalue weighted by molar-refractivity contribution is 8.00. The van der Waals surface area contributed by atoms with Crippen LogP contribution in [0.1, 0.15) is 18.4 Å². The maximum absolute atomic E-state index is 12.3. The first-order valence-electron chi connectivity index (χ1n) is 8.25. The number of hydrogen-bond acceptors (Lipinski definition) is 6. The SMILES string of the molecule is Cc1ccc(NC(=O)[C@H](C)Sc2nnc(COc3ccccc3Cl)o2)cc1. The number of amides is 1. The molecule has 0 bridgehead atoms. The third kappa shape index (κ3) is 5.48. The van der Waals surface area contributed by atoms with Gasteiger partial charge in [0, 0.05) is 5.69 Å². The monoisotopic (exact) mass is 403 g/mol. The lowest BCUT2D eigenvalue weighted by Crippen LogP contribution is -2.22. The van der Waals surface area contributed by atoms with Gasteiger partial charge >= 0.3 is 0 Å². The molecule has 0 saturated heterocycles. The van der Waals surface area contributed by atoms with Crippen molar-refractivity contribution in [2.24, 2.45) is 0 Å². The Morgan fingerprint density at radius 2 is 1.96 bits per heavy atom. The predicted octanol–water partition coefficient (Wildman–Crippen LogP) is 4.73. The van der Waals surface area contributed by atoms with Crippen molar-refractivity contribution < 1.29 is 13.9 Å². The van der Waals surface area contributed by atoms with Gasteiger partial charge in [-0.2, -0.15) is 0 Å². The number of carbonyl (C=O) groups is 1. The Bertz CT molecular complexity index is 915. The number of nitrogens with zero attached hydrogens (tertiary/aromatic N) is 2. The lowest BCUT2D eigenvalue weighted by atomic mass is 10.2. The molecular weight excluding hydrogens is 386 g/mol. The maximum atomic E-state index is 12.3. The molecular formula is C19H18ClN3O3S. The molecule has 1 N–H and O–H groups in total. The molecule has 0 fully saturated rings. The van der Waals surface area contributed by atoms with Gasteiger partial charge in [0.25, 0.3) is 11.1 Å². The molecule has 3 rings (SSSR count). The molecule has 0 saturated carbocycles. The van der Waals surface area contributed by atoms with E-state index < -0.39 is 5.25 Å². The number of para-hydroxylation sites is 1. The number of rotatable bonds is 7. The summed E-state index contributed by atoms with van der Waals surface area (Å²) in [5.74, 6) is 0.705. The third-order valence-corrected chi connectivity index (χ3v) is 4.85. The van der Waals surface area contributed by atoms with Crippen molar-refractivity contribution in [2.75, 3.05) is 5.32 Å². The Hall–Kier alpha value is -2.51. The molecule has 1 amide bonds. The molecule has 6 nitrogen and oxygen atoms in total. The minimum absolute atomic E-state index is 0.0984. The van der Waals surface area contributed by atoms with E-state index in [0.717, 1.165) is 11.3 Å². The number of nitrogens with one attached hydrogen (secondary N) is 1. The van der Waals surface area contributed by atoms with Crippen LogP contribution in [0.3, 0.4) is 0 Å². The van der Waals surface area contributed by atoms with Crippen molar-refractivity contribution in [3.8, 4) is 5.75 Å². The van der Waals surface area contributed by atoms with Crippen LogP contribution in [0.2, 0.25) is 5.02 Å². The van der Waals surface area contributed by atoms with Gasteiger partial charge in [0.1, 0.15) is 5.75 Å². The number of aromatic nitrogens is 2. The van der Waals surface area contributed by atoms with Gasteiger partial charge in [0.2, 0.25) is 5.91 Å².